The smallest absolute Gasteiger partial charge is 0.263 e. The predicted molar refractivity (Wildman–Crippen MR) is 114 cm³/mol. The third-order valence-electron chi connectivity index (χ3n) is 5.36. The Labute approximate surface area is 182 Å². The number of aromatic nitrogens is 2. The molecule has 0 atom stereocenters. The van der Waals surface area contributed by atoms with Crippen molar-refractivity contribution in [2.45, 2.75) is 26.4 Å². The summed E-state index contributed by atoms with van der Waals surface area (Å²) in [4.78, 5) is 35.8. The Morgan fingerprint density at radius 1 is 1.32 bits per heavy atom. The molecule has 1 aromatic carbocycles. The number of pyridine rings is 1. The van der Waals surface area contributed by atoms with Gasteiger partial charge in [-0.15, -0.1) is 11.3 Å². The number of carbonyl (C=O) groups excluding carboxylic acids is 2. The standard InChI is InChI=1S/C22H21FN4O3S/c1-13-17(9-26-21(28)20-10-24-12-31-20)16-5-6-27(11-15(16)8-25-13)22(29)14-3-4-19(30-2)18(23)7-14/h3-4,7-8,10,12H,5-6,9,11H2,1-2H3,(H,26,28). The van der Waals surface area contributed by atoms with E-state index >= 15 is 0 Å². The van der Waals surface area contributed by atoms with E-state index in [-0.39, 0.29) is 23.1 Å². The SMILES string of the molecule is COc1ccc(C(=O)N2CCc3c(cnc(C)c3CNC(=O)c3cncs3)C2)cc1F. The van der Waals surface area contributed by atoms with E-state index < -0.39 is 5.82 Å². The number of ether oxygens (including phenoxy) is 1. The number of halogens is 1. The molecule has 0 bridgehead atoms. The fourth-order valence-electron chi connectivity index (χ4n) is 3.70. The summed E-state index contributed by atoms with van der Waals surface area (Å²) >= 11 is 1.29. The number of hydrogen-bond acceptors (Lipinski definition) is 6. The highest BCUT2D eigenvalue weighted by atomic mass is 32.1. The zero-order valence-corrected chi connectivity index (χ0v) is 18.0. The maximum absolute atomic E-state index is 14.0. The van der Waals surface area contributed by atoms with Gasteiger partial charge in [-0.3, -0.25) is 19.6 Å². The topological polar surface area (TPSA) is 84.4 Å². The maximum atomic E-state index is 14.0. The highest BCUT2D eigenvalue weighted by Crippen LogP contribution is 2.26. The molecule has 0 fully saturated rings. The van der Waals surface area contributed by atoms with Crippen LogP contribution in [0.3, 0.4) is 0 Å². The number of benzene rings is 1. The molecule has 0 spiro atoms. The Morgan fingerprint density at radius 2 is 2.16 bits per heavy atom. The van der Waals surface area contributed by atoms with Crippen molar-refractivity contribution in [3.05, 3.63) is 74.7 Å². The molecule has 7 nitrogen and oxygen atoms in total. The minimum absolute atomic E-state index is 0.102. The first-order valence-corrected chi connectivity index (χ1v) is 10.6. The van der Waals surface area contributed by atoms with Crippen LogP contribution in [0.25, 0.3) is 0 Å². The van der Waals surface area contributed by atoms with Crippen LogP contribution in [0.5, 0.6) is 5.75 Å². The molecule has 1 aliphatic heterocycles. The van der Waals surface area contributed by atoms with Crippen molar-refractivity contribution in [1.82, 2.24) is 20.2 Å². The van der Waals surface area contributed by atoms with Gasteiger partial charge < -0.3 is 15.0 Å². The third-order valence-corrected chi connectivity index (χ3v) is 6.14. The number of carbonyl (C=O) groups is 2. The molecule has 31 heavy (non-hydrogen) atoms. The Hall–Kier alpha value is -3.33. The minimum Gasteiger partial charge on any atom is -0.494 e. The van der Waals surface area contributed by atoms with E-state index in [1.807, 2.05) is 6.92 Å². The van der Waals surface area contributed by atoms with Crippen LogP contribution in [-0.4, -0.2) is 40.3 Å². The molecule has 3 aromatic rings. The molecule has 4 rings (SSSR count). The first kappa shape index (κ1) is 20.9. The van der Waals surface area contributed by atoms with Gasteiger partial charge in [0.2, 0.25) is 0 Å². The van der Waals surface area contributed by atoms with Crippen molar-refractivity contribution in [2.24, 2.45) is 0 Å². The molecule has 9 heteroatoms. The summed E-state index contributed by atoms with van der Waals surface area (Å²) in [6, 6.07) is 4.22. The molecule has 0 saturated carbocycles. The number of fused-ring (bicyclic) bond motifs is 1. The molecule has 2 aromatic heterocycles. The van der Waals surface area contributed by atoms with E-state index in [4.69, 9.17) is 4.74 Å². The van der Waals surface area contributed by atoms with Gasteiger partial charge in [0.05, 0.1) is 18.8 Å². The second-order valence-corrected chi connectivity index (χ2v) is 8.09. The highest BCUT2D eigenvalue weighted by molar-refractivity contribution is 7.11. The Morgan fingerprint density at radius 3 is 2.87 bits per heavy atom. The van der Waals surface area contributed by atoms with Gasteiger partial charge >= 0.3 is 0 Å². The van der Waals surface area contributed by atoms with Crippen LogP contribution in [0.1, 0.15) is 42.4 Å². The molecule has 1 N–H and O–H groups in total. The second-order valence-electron chi connectivity index (χ2n) is 7.20. The quantitative estimate of drug-likeness (QED) is 0.659. The number of nitrogens with one attached hydrogen (secondary N) is 1. The number of rotatable bonds is 5. The van der Waals surface area contributed by atoms with Crippen molar-refractivity contribution in [1.29, 1.82) is 0 Å². The number of hydrogen-bond donors (Lipinski definition) is 1. The summed E-state index contributed by atoms with van der Waals surface area (Å²) in [5.74, 6) is -0.881. The molecule has 2 amide bonds. The summed E-state index contributed by atoms with van der Waals surface area (Å²) in [6.45, 7) is 3.14. The van der Waals surface area contributed by atoms with Crippen LogP contribution < -0.4 is 10.1 Å². The van der Waals surface area contributed by atoms with Crippen LogP contribution in [-0.2, 0) is 19.5 Å². The zero-order chi connectivity index (χ0) is 22.0. The number of thiazole rings is 1. The summed E-state index contributed by atoms with van der Waals surface area (Å²) in [7, 11) is 1.38. The van der Waals surface area contributed by atoms with E-state index in [0.29, 0.717) is 30.9 Å². The lowest BCUT2D eigenvalue weighted by molar-refractivity contribution is 0.0733. The molecular weight excluding hydrogens is 419 g/mol. The largest absolute Gasteiger partial charge is 0.494 e. The highest BCUT2D eigenvalue weighted by Gasteiger charge is 2.25. The summed E-state index contributed by atoms with van der Waals surface area (Å²) < 4.78 is 18.9. The van der Waals surface area contributed by atoms with Crippen molar-refractivity contribution < 1.29 is 18.7 Å². The van der Waals surface area contributed by atoms with Crippen molar-refractivity contribution >= 4 is 23.2 Å². The Bertz CT molecular complexity index is 1130. The second kappa shape index (κ2) is 8.81. The first-order chi connectivity index (χ1) is 15.0. The van der Waals surface area contributed by atoms with Gasteiger partial charge in [-0.25, -0.2) is 4.39 Å². The van der Waals surface area contributed by atoms with Gasteiger partial charge in [-0.05, 0) is 48.2 Å². The zero-order valence-electron chi connectivity index (χ0n) is 17.1. The van der Waals surface area contributed by atoms with Crippen molar-refractivity contribution in [3.63, 3.8) is 0 Å². The predicted octanol–water partition coefficient (Wildman–Crippen LogP) is 3.12. The number of methoxy groups -OCH3 is 1. The minimum atomic E-state index is -0.568. The molecule has 0 radical (unpaired) electrons. The van der Waals surface area contributed by atoms with Crippen molar-refractivity contribution in [3.8, 4) is 5.75 Å². The Balaban J connectivity index is 1.50. The lowest BCUT2D eigenvalue weighted by atomic mass is 9.94. The summed E-state index contributed by atoms with van der Waals surface area (Å²) in [5, 5.41) is 2.93. The fraction of sp³-hybridized carbons (Fsp3) is 0.273. The van der Waals surface area contributed by atoms with E-state index in [1.165, 1.54) is 36.8 Å². The number of amides is 2. The summed E-state index contributed by atoms with van der Waals surface area (Å²) in [6.07, 6.45) is 3.94. The lowest BCUT2D eigenvalue weighted by Crippen LogP contribution is -2.37. The van der Waals surface area contributed by atoms with E-state index in [0.717, 1.165) is 22.4 Å². The third kappa shape index (κ3) is 4.27. The summed E-state index contributed by atoms with van der Waals surface area (Å²) in [5.41, 5.74) is 5.74. The van der Waals surface area contributed by atoms with Gasteiger partial charge in [0.15, 0.2) is 11.6 Å². The number of nitrogens with zero attached hydrogens (tertiary/aromatic N) is 3. The fourth-order valence-corrected chi connectivity index (χ4v) is 4.23. The van der Waals surface area contributed by atoms with Gasteiger partial charge in [-0.1, -0.05) is 0 Å². The molecule has 0 aliphatic carbocycles. The molecule has 160 valence electrons. The van der Waals surface area contributed by atoms with Crippen LogP contribution in [0.15, 0.2) is 36.1 Å². The molecule has 0 unspecified atom stereocenters. The molecular formula is C22H21FN4O3S. The maximum Gasteiger partial charge on any atom is 0.263 e. The van der Waals surface area contributed by atoms with E-state index in [1.54, 1.807) is 22.7 Å². The van der Waals surface area contributed by atoms with Crippen LogP contribution in [0.2, 0.25) is 0 Å². The van der Waals surface area contributed by atoms with Crippen LogP contribution in [0.4, 0.5) is 4.39 Å². The van der Waals surface area contributed by atoms with E-state index in [2.05, 4.69) is 15.3 Å². The van der Waals surface area contributed by atoms with Gasteiger partial charge in [0, 0.05) is 37.1 Å². The normalized spacial score (nSPS) is 12.9. The van der Waals surface area contributed by atoms with Gasteiger partial charge in [-0.2, -0.15) is 0 Å². The molecule has 3 heterocycles. The Kier molecular flexibility index (Phi) is 5.94. The van der Waals surface area contributed by atoms with Crippen LogP contribution in [0, 0.1) is 12.7 Å². The molecule has 0 saturated heterocycles. The number of aryl methyl sites for hydroxylation is 1. The average Bonchev–Trinajstić information content (AvgIpc) is 3.32. The lowest BCUT2D eigenvalue weighted by Gasteiger charge is -2.30. The van der Waals surface area contributed by atoms with Crippen molar-refractivity contribution in [2.75, 3.05) is 13.7 Å². The monoisotopic (exact) mass is 440 g/mol. The average molecular weight is 441 g/mol. The first-order valence-electron chi connectivity index (χ1n) is 9.73. The van der Waals surface area contributed by atoms with Gasteiger partial charge in [0.25, 0.3) is 11.8 Å². The molecule has 1 aliphatic rings. The van der Waals surface area contributed by atoms with E-state index in [9.17, 15) is 14.0 Å². The van der Waals surface area contributed by atoms with Crippen LogP contribution >= 0.6 is 11.3 Å². The van der Waals surface area contributed by atoms with Gasteiger partial charge in [0.1, 0.15) is 4.88 Å².